The highest BCUT2D eigenvalue weighted by atomic mass is 32.1. The molecule has 5 heteroatoms. The summed E-state index contributed by atoms with van der Waals surface area (Å²) in [6, 6.07) is 12.7. The molecule has 1 aromatic heterocycles. The molecule has 0 saturated heterocycles. The van der Waals surface area contributed by atoms with E-state index in [9.17, 15) is 4.79 Å². The normalized spacial score (nSPS) is 12.8. The number of thiophene rings is 1. The number of hydrogen-bond donors (Lipinski definition) is 0. The number of oxime groups is 1. The van der Waals surface area contributed by atoms with Crippen LogP contribution in [0.1, 0.15) is 38.1 Å². The topological polar surface area (TPSA) is 47.9 Å². The molecule has 1 heterocycles. The fraction of sp³-hybridized carbons (Fsp3) is 0.368. The van der Waals surface area contributed by atoms with E-state index < -0.39 is 12.1 Å². The third-order valence-corrected chi connectivity index (χ3v) is 4.82. The van der Waals surface area contributed by atoms with Gasteiger partial charge in [-0.1, -0.05) is 36.3 Å². The van der Waals surface area contributed by atoms with Gasteiger partial charge in [0.25, 0.3) is 0 Å². The van der Waals surface area contributed by atoms with Crippen LogP contribution in [0.2, 0.25) is 0 Å². The fourth-order valence-corrected chi connectivity index (χ4v) is 3.05. The Hall–Kier alpha value is -2.14. The zero-order valence-electron chi connectivity index (χ0n) is 14.5. The Morgan fingerprint density at radius 3 is 2.50 bits per heavy atom. The molecule has 2 rings (SSSR count). The average Bonchev–Trinajstić information content (AvgIpc) is 3.09. The van der Waals surface area contributed by atoms with E-state index >= 15 is 0 Å². The Bertz CT molecular complexity index is 704. The highest BCUT2D eigenvalue weighted by molar-refractivity contribution is 7.17. The maximum Gasteiger partial charge on any atom is 0.349 e. The van der Waals surface area contributed by atoms with Crippen molar-refractivity contribution in [1.29, 1.82) is 0 Å². The van der Waals surface area contributed by atoms with Crippen molar-refractivity contribution in [3.63, 3.8) is 0 Å². The third kappa shape index (κ3) is 4.68. The second-order valence-corrected chi connectivity index (χ2v) is 6.47. The summed E-state index contributed by atoms with van der Waals surface area (Å²) in [5.74, 6) is -0.406. The first-order valence-electron chi connectivity index (χ1n) is 8.11. The summed E-state index contributed by atoms with van der Waals surface area (Å²) < 4.78 is 4.89. The minimum atomic E-state index is -0.707. The highest BCUT2D eigenvalue weighted by Gasteiger charge is 2.15. The molecule has 0 amide bonds. The lowest BCUT2D eigenvalue weighted by atomic mass is 10.1. The van der Waals surface area contributed by atoms with Gasteiger partial charge in [-0.25, -0.2) is 4.79 Å². The quantitative estimate of drug-likeness (QED) is 0.416. The molecule has 0 spiro atoms. The van der Waals surface area contributed by atoms with Crippen LogP contribution in [0.5, 0.6) is 0 Å². The maximum atomic E-state index is 11.5. The first kappa shape index (κ1) is 18.2. The van der Waals surface area contributed by atoms with Gasteiger partial charge in [-0.05, 0) is 50.5 Å². The Kier molecular flexibility index (Phi) is 6.55. The summed E-state index contributed by atoms with van der Waals surface area (Å²) in [6.07, 6.45) is 0.332. The third-order valence-electron chi connectivity index (χ3n) is 3.58. The van der Waals surface area contributed by atoms with E-state index in [1.54, 1.807) is 25.2 Å². The van der Waals surface area contributed by atoms with Crippen LogP contribution in [-0.4, -0.2) is 24.4 Å². The lowest BCUT2D eigenvalue weighted by Crippen LogP contribution is -2.21. The molecular formula is C19H23NO3S. The Morgan fingerprint density at radius 1 is 1.17 bits per heavy atom. The van der Waals surface area contributed by atoms with Gasteiger partial charge in [0, 0.05) is 4.88 Å². The van der Waals surface area contributed by atoms with Crippen LogP contribution in [0.15, 0.2) is 41.6 Å². The van der Waals surface area contributed by atoms with E-state index in [0.717, 1.165) is 17.0 Å². The molecule has 24 heavy (non-hydrogen) atoms. The number of aryl methyl sites for hydroxylation is 1. The summed E-state index contributed by atoms with van der Waals surface area (Å²) in [5, 5.41) is 4.06. The van der Waals surface area contributed by atoms with Crippen molar-refractivity contribution in [2.45, 2.75) is 40.2 Å². The second-order valence-electron chi connectivity index (χ2n) is 5.39. The molecule has 0 fully saturated rings. The predicted molar refractivity (Wildman–Crippen MR) is 98.5 cm³/mol. The number of esters is 1. The Balaban J connectivity index is 2.05. The summed E-state index contributed by atoms with van der Waals surface area (Å²) in [7, 11) is 0. The van der Waals surface area contributed by atoms with Gasteiger partial charge < -0.3 is 9.57 Å². The molecule has 128 valence electrons. The second kappa shape index (κ2) is 8.64. The van der Waals surface area contributed by atoms with E-state index in [1.807, 2.05) is 13.0 Å². The largest absolute Gasteiger partial charge is 0.463 e. The molecule has 1 aromatic carbocycles. The van der Waals surface area contributed by atoms with Gasteiger partial charge in [-0.15, -0.1) is 11.3 Å². The number of nitrogens with zero attached hydrogens (tertiary/aromatic N) is 1. The molecule has 0 aliphatic rings. The monoisotopic (exact) mass is 345 g/mol. The summed E-state index contributed by atoms with van der Waals surface area (Å²) >= 11 is 1.65. The van der Waals surface area contributed by atoms with Crippen LogP contribution in [0.25, 0.3) is 10.4 Å². The molecule has 0 bridgehead atoms. The number of benzene rings is 1. The average molecular weight is 345 g/mol. The zero-order valence-corrected chi connectivity index (χ0v) is 15.4. The lowest BCUT2D eigenvalue weighted by molar-refractivity contribution is -0.155. The van der Waals surface area contributed by atoms with Crippen molar-refractivity contribution in [3.8, 4) is 10.4 Å². The van der Waals surface area contributed by atoms with Crippen LogP contribution in [-0.2, 0) is 20.8 Å². The smallest absolute Gasteiger partial charge is 0.349 e. The van der Waals surface area contributed by atoms with Gasteiger partial charge in [0.1, 0.15) is 0 Å². The van der Waals surface area contributed by atoms with E-state index in [4.69, 9.17) is 9.57 Å². The first-order valence-corrected chi connectivity index (χ1v) is 8.93. The van der Waals surface area contributed by atoms with Crippen LogP contribution < -0.4 is 0 Å². The molecule has 4 nitrogen and oxygen atoms in total. The fourth-order valence-electron chi connectivity index (χ4n) is 2.10. The van der Waals surface area contributed by atoms with Crippen molar-refractivity contribution in [2.75, 3.05) is 6.61 Å². The molecule has 0 N–H and O–H groups in total. The maximum absolute atomic E-state index is 11.5. The number of carbonyl (C=O) groups is 1. The van der Waals surface area contributed by atoms with Gasteiger partial charge in [0.15, 0.2) is 0 Å². The molecular weight excluding hydrogens is 322 g/mol. The molecule has 2 aromatic rings. The van der Waals surface area contributed by atoms with Crippen molar-refractivity contribution in [2.24, 2.45) is 5.16 Å². The van der Waals surface area contributed by atoms with Crippen LogP contribution in [0.3, 0.4) is 0 Å². The minimum Gasteiger partial charge on any atom is -0.463 e. The van der Waals surface area contributed by atoms with Gasteiger partial charge in [0.05, 0.1) is 17.2 Å². The molecule has 0 aliphatic carbocycles. The van der Waals surface area contributed by atoms with E-state index in [2.05, 4.69) is 42.4 Å². The number of hydrogen-bond acceptors (Lipinski definition) is 5. The van der Waals surface area contributed by atoms with Crippen LogP contribution >= 0.6 is 11.3 Å². The van der Waals surface area contributed by atoms with Crippen molar-refractivity contribution < 1.29 is 14.4 Å². The SMILES string of the molecule is CCOC(=O)C(C)O/N=C(\C)c1ccc(-c2ccc(CC)cc2)s1. The lowest BCUT2D eigenvalue weighted by Gasteiger charge is -2.08. The predicted octanol–water partition coefficient (Wildman–Crippen LogP) is 4.67. The van der Waals surface area contributed by atoms with Gasteiger partial charge in [-0.2, -0.15) is 0 Å². The van der Waals surface area contributed by atoms with Gasteiger partial charge in [-0.3, -0.25) is 0 Å². The van der Waals surface area contributed by atoms with Crippen LogP contribution in [0.4, 0.5) is 0 Å². The summed E-state index contributed by atoms with van der Waals surface area (Å²) in [5.41, 5.74) is 3.26. The Morgan fingerprint density at radius 2 is 1.88 bits per heavy atom. The molecule has 0 radical (unpaired) electrons. The number of carbonyl (C=O) groups excluding carboxylic acids is 1. The van der Waals surface area contributed by atoms with Crippen LogP contribution in [0, 0.1) is 0 Å². The van der Waals surface area contributed by atoms with Crippen molar-refractivity contribution in [1.82, 2.24) is 0 Å². The molecule has 1 unspecified atom stereocenters. The van der Waals surface area contributed by atoms with Gasteiger partial charge in [0.2, 0.25) is 6.10 Å². The summed E-state index contributed by atoms with van der Waals surface area (Å²) in [4.78, 5) is 19.0. The number of ether oxygens (including phenoxy) is 1. The molecule has 1 atom stereocenters. The van der Waals surface area contributed by atoms with E-state index in [0.29, 0.717) is 6.61 Å². The van der Waals surface area contributed by atoms with E-state index in [1.165, 1.54) is 16.0 Å². The molecule has 0 saturated carbocycles. The zero-order chi connectivity index (χ0) is 17.5. The van der Waals surface area contributed by atoms with E-state index in [-0.39, 0.29) is 0 Å². The van der Waals surface area contributed by atoms with Gasteiger partial charge >= 0.3 is 5.97 Å². The minimum absolute atomic E-state index is 0.334. The Labute approximate surface area is 147 Å². The van der Waals surface area contributed by atoms with Crippen molar-refractivity contribution >= 4 is 23.0 Å². The standard InChI is InChI=1S/C19H23NO3S/c1-5-15-7-9-16(10-8-15)18-12-11-17(24-18)13(3)20-23-14(4)19(21)22-6-2/h7-12,14H,5-6H2,1-4H3/b20-13+. The van der Waals surface area contributed by atoms with Crippen molar-refractivity contribution in [3.05, 3.63) is 46.8 Å². The summed E-state index contributed by atoms with van der Waals surface area (Å²) in [6.45, 7) is 7.74. The first-order chi connectivity index (χ1) is 11.5. The number of rotatable bonds is 7. The molecule has 0 aliphatic heterocycles. The highest BCUT2D eigenvalue weighted by Crippen LogP contribution is 2.29.